The normalized spacial score (nSPS) is 11.2. The molecule has 0 N–H and O–H groups in total. The monoisotopic (exact) mass is 546 g/mol. The number of para-hydroxylation sites is 1. The molecule has 0 atom stereocenters. The third-order valence-corrected chi connectivity index (χ3v) is 8.80. The molecule has 4 aromatic rings. The third kappa shape index (κ3) is 5.56. The van der Waals surface area contributed by atoms with Gasteiger partial charge in [-0.2, -0.15) is 5.10 Å². The number of nitro groups is 1. The first kappa shape index (κ1) is 25.7. The molecule has 2 aromatic carbocycles. The number of rotatable bonds is 9. The fraction of sp³-hybridized carbons (Fsp3) is 0.280. The number of aromatic nitrogens is 3. The van der Waals surface area contributed by atoms with E-state index in [1.54, 1.807) is 41.3 Å². The summed E-state index contributed by atoms with van der Waals surface area (Å²) in [7, 11) is 0. The molecule has 0 saturated carbocycles. The number of hydrogen-bond acceptors (Lipinski definition) is 6. The van der Waals surface area contributed by atoms with Gasteiger partial charge in [0, 0.05) is 34.9 Å². The second kappa shape index (κ2) is 11.1. The van der Waals surface area contributed by atoms with E-state index in [1.165, 1.54) is 6.07 Å². The van der Waals surface area contributed by atoms with Gasteiger partial charge in [-0.05, 0) is 38.2 Å². The van der Waals surface area contributed by atoms with Crippen LogP contribution >= 0.6 is 46.3 Å². The van der Waals surface area contributed by atoms with Crippen LogP contribution in [-0.4, -0.2) is 25.4 Å². The van der Waals surface area contributed by atoms with Crippen molar-refractivity contribution in [3.63, 3.8) is 0 Å². The predicted octanol–water partition coefficient (Wildman–Crippen LogP) is 8.31. The van der Waals surface area contributed by atoms with E-state index in [0.29, 0.717) is 22.0 Å². The van der Waals surface area contributed by atoms with Crippen LogP contribution in [0.5, 0.6) is 0 Å². The predicted molar refractivity (Wildman–Crippen MR) is 146 cm³/mol. The summed E-state index contributed by atoms with van der Waals surface area (Å²) < 4.78 is 2.94. The Balaban J connectivity index is 1.75. The molecule has 0 unspecified atom stereocenters. The lowest BCUT2D eigenvalue weighted by molar-refractivity contribution is -0.385. The van der Waals surface area contributed by atoms with Crippen LogP contribution in [-0.2, 0) is 6.42 Å². The average Bonchev–Trinajstić information content (AvgIpc) is 3.37. The SMILES string of the molecule is CCCCSc1sc(-n2nc(C)c(Cc3ccccc3[N+](=O)[O-])c2C)nc1-c1ccc(Cl)c(Cl)c1. The minimum atomic E-state index is -0.339. The molecule has 0 bridgehead atoms. The average molecular weight is 548 g/mol. The number of nitro benzene ring substituents is 1. The van der Waals surface area contributed by atoms with Gasteiger partial charge >= 0.3 is 0 Å². The summed E-state index contributed by atoms with van der Waals surface area (Å²) in [5, 5.41) is 18.0. The van der Waals surface area contributed by atoms with Crippen LogP contribution in [0.25, 0.3) is 16.4 Å². The van der Waals surface area contributed by atoms with E-state index in [2.05, 4.69) is 6.92 Å². The highest BCUT2D eigenvalue weighted by Crippen LogP contribution is 2.40. The zero-order valence-electron chi connectivity index (χ0n) is 19.5. The Morgan fingerprint density at radius 2 is 1.91 bits per heavy atom. The van der Waals surface area contributed by atoms with Gasteiger partial charge in [0.2, 0.25) is 5.13 Å². The number of halogens is 2. The van der Waals surface area contributed by atoms with Crippen LogP contribution < -0.4 is 0 Å². The summed E-state index contributed by atoms with van der Waals surface area (Å²) in [6.45, 7) is 6.08. The maximum Gasteiger partial charge on any atom is 0.272 e. The summed E-state index contributed by atoms with van der Waals surface area (Å²) >= 11 is 15.8. The molecule has 0 saturated heterocycles. The van der Waals surface area contributed by atoms with E-state index in [0.717, 1.165) is 56.1 Å². The Bertz CT molecular complexity index is 1380. The van der Waals surface area contributed by atoms with Crippen molar-refractivity contribution in [3.05, 3.63) is 85.1 Å². The molecule has 0 amide bonds. The molecular weight excluding hydrogens is 523 g/mol. The molecule has 4 rings (SSSR count). The first-order chi connectivity index (χ1) is 16.8. The van der Waals surface area contributed by atoms with Crippen LogP contribution in [0.2, 0.25) is 10.0 Å². The van der Waals surface area contributed by atoms with Gasteiger partial charge in [-0.1, -0.05) is 72.1 Å². The molecule has 2 aromatic heterocycles. The Kier molecular flexibility index (Phi) is 8.16. The number of thiazole rings is 1. The van der Waals surface area contributed by atoms with Crippen molar-refractivity contribution < 1.29 is 4.92 Å². The van der Waals surface area contributed by atoms with Gasteiger partial charge in [-0.3, -0.25) is 10.1 Å². The molecule has 2 heterocycles. The van der Waals surface area contributed by atoms with E-state index < -0.39 is 0 Å². The minimum absolute atomic E-state index is 0.116. The lowest BCUT2D eigenvalue weighted by atomic mass is 10.0. The van der Waals surface area contributed by atoms with Crippen molar-refractivity contribution in [1.29, 1.82) is 0 Å². The lowest BCUT2D eigenvalue weighted by Crippen LogP contribution is -2.00. The molecule has 10 heteroatoms. The summed E-state index contributed by atoms with van der Waals surface area (Å²) in [6.07, 6.45) is 2.66. The van der Waals surface area contributed by atoms with E-state index in [4.69, 9.17) is 33.3 Å². The van der Waals surface area contributed by atoms with Crippen molar-refractivity contribution in [1.82, 2.24) is 14.8 Å². The molecule has 35 heavy (non-hydrogen) atoms. The summed E-state index contributed by atoms with van der Waals surface area (Å²) in [6, 6.07) is 12.4. The molecule has 0 spiro atoms. The number of unbranched alkanes of at least 4 members (excludes halogenated alkanes) is 1. The Morgan fingerprint density at radius 1 is 1.14 bits per heavy atom. The summed E-state index contributed by atoms with van der Waals surface area (Å²) in [5.41, 5.74) is 5.25. The van der Waals surface area contributed by atoms with Gasteiger partial charge in [0.15, 0.2) is 0 Å². The van der Waals surface area contributed by atoms with E-state index >= 15 is 0 Å². The van der Waals surface area contributed by atoms with Crippen molar-refractivity contribution >= 4 is 52.0 Å². The van der Waals surface area contributed by atoms with E-state index in [1.807, 2.05) is 36.7 Å². The third-order valence-electron chi connectivity index (χ3n) is 5.69. The molecule has 6 nitrogen and oxygen atoms in total. The van der Waals surface area contributed by atoms with Crippen LogP contribution in [0.1, 0.15) is 42.3 Å². The Labute approximate surface area is 222 Å². The maximum absolute atomic E-state index is 11.5. The van der Waals surface area contributed by atoms with Crippen LogP contribution in [0.4, 0.5) is 5.69 Å². The van der Waals surface area contributed by atoms with Gasteiger partial charge in [0.25, 0.3) is 5.69 Å². The number of hydrogen-bond donors (Lipinski definition) is 0. The largest absolute Gasteiger partial charge is 0.272 e. The molecule has 0 radical (unpaired) electrons. The second-order valence-corrected chi connectivity index (χ2v) is 11.2. The van der Waals surface area contributed by atoms with Crippen LogP contribution in [0.15, 0.2) is 46.7 Å². The van der Waals surface area contributed by atoms with Gasteiger partial charge in [-0.15, -0.1) is 11.8 Å². The topological polar surface area (TPSA) is 73.8 Å². The van der Waals surface area contributed by atoms with Crippen molar-refractivity contribution in [2.75, 3.05) is 5.75 Å². The molecule has 0 aliphatic rings. The zero-order valence-corrected chi connectivity index (χ0v) is 22.7. The number of aryl methyl sites for hydroxylation is 1. The van der Waals surface area contributed by atoms with Gasteiger partial charge in [0.1, 0.15) is 0 Å². The molecule has 182 valence electrons. The molecule has 0 aliphatic carbocycles. The van der Waals surface area contributed by atoms with Gasteiger partial charge in [0.05, 0.1) is 30.6 Å². The highest BCUT2D eigenvalue weighted by molar-refractivity contribution is 8.01. The Morgan fingerprint density at radius 3 is 2.63 bits per heavy atom. The molecule has 0 fully saturated rings. The molecule has 0 aliphatic heterocycles. The number of thioether (sulfide) groups is 1. The van der Waals surface area contributed by atoms with E-state index in [9.17, 15) is 10.1 Å². The standard InChI is InChI=1S/C25H24Cl2N4O2S2/c1-4-5-12-34-24-23(18-10-11-20(26)21(27)14-18)28-25(35-24)30-16(3)19(15(2)29-30)13-17-8-6-7-9-22(17)31(32)33/h6-11,14H,4-5,12-13H2,1-3H3. The summed E-state index contributed by atoms with van der Waals surface area (Å²) in [5.74, 6) is 0.993. The lowest BCUT2D eigenvalue weighted by Gasteiger charge is -2.04. The quantitative estimate of drug-likeness (QED) is 0.0912. The minimum Gasteiger partial charge on any atom is -0.258 e. The smallest absolute Gasteiger partial charge is 0.258 e. The van der Waals surface area contributed by atoms with E-state index in [-0.39, 0.29) is 10.6 Å². The summed E-state index contributed by atoms with van der Waals surface area (Å²) in [4.78, 5) is 16.1. The Hall–Kier alpha value is -2.39. The highest BCUT2D eigenvalue weighted by atomic mass is 35.5. The van der Waals surface area contributed by atoms with Crippen LogP contribution in [0.3, 0.4) is 0 Å². The number of nitrogens with zero attached hydrogens (tertiary/aromatic N) is 4. The fourth-order valence-electron chi connectivity index (χ4n) is 3.76. The molecular formula is C25H24Cl2N4O2S2. The van der Waals surface area contributed by atoms with Crippen molar-refractivity contribution in [2.45, 2.75) is 44.2 Å². The fourth-order valence-corrected chi connectivity index (χ4v) is 6.52. The highest BCUT2D eigenvalue weighted by Gasteiger charge is 2.22. The maximum atomic E-state index is 11.5. The number of benzene rings is 2. The van der Waals surface area contributed by atoms with Crippen LogP contribution in [0, 0.1) is 24.0 Å². The first-order valence-corrected chi connectivity index (χ1v) is 13.7. The van der Waals surface area contributed by atoms with Crippen molar-refractivity contribution in [3.8, 4) is 16.4 Å². The zero-order chi connectivity index (χ0) is 25.1. The van der Waals surface area contributed by atoms with Gasteiger partial charge < -0.3 is 0 Å². The van der Waals surface area contributed by atoms with Crippen molar-refractivity contribution in [2.24, 2.45) is 0 Å². The van der Waals surface area contributed by atoms with Gasteiger partial charge in [-0.25, -0.2) is 9.67 Å². The second-order valence-electron chi connectivity index (χ2n) is 8.09. The first-order valence-electron chi connectivity index (χ1n) is 11.2.